The van der Waals surface area contributed by atoms with Crippen LogP contribution >= 0.6 is 11.3 Å². The molecule has 2 atom stereocenters. The second-order valence-corrected chi connectivity index (χ2v) is 10.5. The molecular formula is C21H27N3O4S2. The number of anilines is 1. The molecule has 4 rings (SSSR count). The molecule has 2 aromatic rings. The van der Waals surface area contributed by atoms with E-state index in [0.29, 0.717) is 32.0 Å². The average molecular weight is 450 g/mol. The normalized spacial score (nSPS) is 22.1. The van der Waals surface area contributed by atoms with Gasteiger partial charge in [-0.25, -0.2) is 8.42 Å². The molecular weight excluding hydrogens is 422 g/mol. The van der Waals surface area contributed by atoms with Crippen molar-refractivity contribution >= 4 is 33.0 Å². The highest BCUT2D eigenvalue weighted by Crippen LogP contribution is 2.36. The van der Waals surface area contributed by atoms with Crippen LogP contribution in [-0.2, 0) is 19.6 Å². The minimum absolute atomic E-state index is 0.126. The number of carbonyl (C=O) groups is 1. The van der Waals surface area contributed by atoms with Crippen LogP contribution in [0.3, 0.4) is 0 Å². The number of ether oxygens (including phenoxy) is 1. The van der Waals surface area contributed by atoms with Gasteiger partial charge in [0.2, 0.25) is 15.9 Å². The van der Waals surface area contributed by atoms with Crippen molar-refractivity contribution in [3.8, 4) is 0 Å². The number of carbonyl (C=O) groups excluding carboxylic acids is 1. The van der Waals surface area contributed by atoms with Gasteiger partial charge in [0.25, 0.3) is 0 Å². The van der Waals surface area contributed by atoms with Crippen LogP contribution in [0.15, 0.2) is 46.7 Å². The number of hydrogen-bond donors (Lipinski definition) is 1. The van der Waals surface area contributed by atoms with E-state index in [1.807, 2.05) is 13.0 Å². The minimum atomic E-state index is -3.60. The molecule has 1 N–H and O–H groups in total. The van der Waals surface area contributed by atoms with E-state index in [4.69, 9.17) is 4.74 Å². The quantitative estimate of drug-likeness (QED) is 0.734. The summed E-state index contributed by atoms with van der Waals surface area (Å²) in [6.45, 7) is 4.27. The van der Waals surface area contributed by atoms with Gasteiger partial charge in [-0.05, 0) is 56.0 Å². The topological polar surface area (TPSA) is 79.0 Å². The van der Waals surface area contributed by atoms with Gasteiger partial charge in [-0.3, -0.25) is 9.69 Å². The molecule has 2 fully saturated rings. The fourth-order valence-electron chi connectivity index (χ4n) is 4.11. The van der Waals surface area contributed by atoms with E-state index in [1.165, 1.54) is 15.2 Å². The van der Waals surface area contributed by atoms with E-state index in [-0.39, 0.29) is 22.9 Å². The monoisotopic (exact) mass is 449 g/mol. The summed E-state index contributed by atoms with van der Waals surface area (Å²) in [4.78, 5) is 16.7. The van der Waals surface area contributed by atoms with Gasteiger partial charge in [0.1, 0.15) is 0 Å². The Labute approximate surface area is 181 Å². The number of sulfonamides is 1. The molecule has 1 aromatic heterocycles. The van der Waals surface area contributed by atoms with Gasteiger partial charge in [-0.2, -0.15) is 4.31 Å². The summed E-state index contributed by atoms with van der Waals surface area (Å²) < 4.78 is 32.5. The van der Waals surface area contributed by atoms with Gasteiger partial charge in [0.15, 0.2) is 0 Å². The molecule has 0 radical (unpaired) electrons. The molecule has 2 aliphatic rings. The first kappa shape index (κ1) is 21.5. The molecule has 30 heavy (non-hydrogen) atoms. The Bertz CT molecular complexity index is 972. The van der Waals surface area contributed by atoms with E-state index < -0.39 is 10.0 Å². The lowest BCUT2D eigenvalue weighted by molar-refractivity contribution is -0.121. The molecule has 0 bridgehead atoms. The molecule has 0 unspecified atom stereocenters. The Morgan fingerprint density at radius 3 is 2.73 bits per heavy atom. The van der Waals surface area contributed by atoms with E-state index >= 15 is 0 Å². The Morgan fingerprint density at radius 1 is 1.20 bits per heavy atom. The fourth-order valence-corrected chi connectivity index (χ4v) is 6.44. The third-order valence-electron chi connectivity index (χ3n) is 5.75. The fraction of sp³-hybridized carbons (Fsp3) is 0.476. The second-order valence-electron chi connectivity index (χ2n) is 7.62. The zero-order valence-corrected chi connectivity index (χ0v) is 18.6. The highest BCUT2D eigenvalue weighted by molar-refractivity contribution is 7.89. The van der Waals surface area contributed by atoms with Gasteiger partial charge in [0.05, 0.1) is 24.2 Å². The van der Waals surface area contributed by atoms with Gasteiger partial charge in [0, 0.05) is 29.7 Å². The number of amides is 1. The van der Waals surface area contributed by atoms with Crippen LogP contribution in [0.4, 0.5) is 5.69 Å². The second kappa shape index (κ2) is 9.15. The molecule has 3 heterocycles. The lowest BCUT2D eigenvalue weighted by Gasteiger charge is -2.29. The molecule has 0 spiro atoms. The molecule has 1 amide bonds. The summed E-state index contributed by atoms with van der Waals surface area (Å²) in [6, 6.07) is 10.6. The molecule has 2 aliphatic heterocycles. The zero-order valence-electron chi connectivity index (χ0n) is 17.0. The maximum atomic E-state index is 13.0. The molecule has 0 aliphatic carbocycles. The van der Waals surface area contributed by atoms with Crippen molar-refractivity contribution in [2.75, 3.05) is 38.2 Å². The molecule has 162 valence electrons. The van der Waals surface area contributed by atoms with Crippen LogP contribution < -0.4 is 5.32 Å². The van der Waals surface area contributed by atoms with Gasteiger partial charge in [-0.1, -0.05) is 12.1 Å². The first-order valence-corrected chi connectivity index (χ1v) is 12.6. The number of morpholine rings is 1. The van der Waals surface area contributed by atoms with Crippen LogP contribution in [0.2, 0.25) is 0 Å². The van der Waals surface area contributed by atoms with Crippen molar-refractivity contribution in [3.63, 3.8) is 0 Å². The lowest BCUT2D eigenvalue weighted by Crippen LogP contribution is -2.41. The highest BCUT2D eigenvalue weighted by atomic mass is 32.2. The van der Waals surface area contributed by atoms with Crippen molar-refractivity contribution in [2.24, 2.45) is 0 Å². The summed E-state index contributed by atoms with van der Waals surface area (Å²) in [6.07, 6.45) is 2.11. The maximum absolute atomic E-state index is 13.0. The van der Waals surface area contributed by atoms with Crippen LogP contribution in [0.5, 0.6) is 0 Å². The number of likely N-dealkylation sites (tertiary alicyclic amines) is 1. The predicted molar refractivity (Wildman–Crippen MR) is 117 cm³/mol. The Morgan fingerprint density at radius 2 is 2.00 bits per heavy atom. The van der Waals surface area contributed by atoms with Crippen molar-refractivity contribution < 1.29 is 17.9 Å². The zero-order chi connectivity index (χ0) is 21.1. The number of rotatable bonds is 6. The Balaban J connectivity index is 1.46. The summed E-state index contributed by atoms with van der Waals surface area (Å²) in [5.41, 5.74) is 0.494. The van der Waals surface area contributed by atoms with Crippen LogP contribution in [0.25, 0.3) is 0 Å². The smallest absolute Gasteiger partial charge is 0.243 e. The third kappa shape index (κ3) is 4.45. The Kier molecular flexibility index (Phi) is 6.54. The molecule has 1 aromatic carbocycles. The number of nitrogens with zero attached hydrogens (tertiary/aromatic N) is 2. The van der Waals surface area contributed by atoms with E-state index in [0.717, 1.165) is 19.4 Å². The standard InChI is InChI=1S/C21H27N3O4S2/c1-16(24-9-3-7-19(24)20-8-4-14-29-20)21(25)22-17-5-2-6-18(15-17)30(26,27)23-10-12-28-13-11-23/h2,4-6,8,14-16,19H,3,7,9-13H2,1H3,(H,22,25)/t16-,19-/m0/s1. The van der Waals surface area contributed by atoms with E-state index in [9.17, 15) is 13.2 Å². The molecule has 7 nitrogen and oxygen atoms in total. The molecule has 0 saturated carbocycles. The van der Waals surface area contributed by atoms with Gasteiger partial charge >= 0.3 is 0 Å². The maximum Gasteiger partial charge on any atom is 0.243 e. The first-order chi connectivity index (χ1) is 14.5. The highest BCUT2D eigenvalue weighted by Gasteiger charge is 2.33. The van der Waals surface area contributed by atoms with Crippen molar-refractivity contribution in [2.45, 2.75) is 36.7 Å². The van der Waals surface area contributed by atoms with Crippen molar-refractivity contribution in [1.82, 2.24) is 9.21 Å². The van der Waals surface area contributed by atoms with E-state index in [1.54, 1.807) is 29.5 Å². The van der Waals surface area contributed by atoms with Gasteiger partial charge < -0.3 is 10.1 Å². The van der Waals surface area contributed by atoms with Gasteiger partial charge in [-0.15, -0.1) is 11.3 Å². The minimum Gasteiger partial charge on any atom is -0.379 e. The lowest BCUT2D eigenvalue weighted by atomic mass is 10.1. The summed E-state index contributed by atoms with van der Waals surface area (Å²) in [7, 11) is -3.60. The molecule has 2 saturated heterocycles. The SMILES string of the molecule is C[C@@H](C(=O)Nc1cccc(S(=O)(=O)N2CCOCC2)c1)N1CCC[C@H]1c1cccs1. The van der Waals surface area contributed by atoms with Crippen LogP contribution in [0, 0.1) is 0 Å². The van der Waals surface area contributed by atoms with Crippen LogP contribution in [-0.4, -0.2) is 62.4 Å². The molecule has 9 heteroatoms. The Hall–Kier alpha value is -1.78. The first-order valence-electron chi connectivity index (χ1n) is 10.2. The van der Waals surface area contributed by atoms with Crippen molar-refractivity contribution in [1.29, 1.82) is 0 Å². The number of nitrogens with one attached hydrogen (secondary N) is 1. The number of hydrogen-bond acceptors (Lipinski definition) is 6. The predicted octanol–water partition coefficient (Wildman–Crippen LogP) is 2.93. The van der Waals surface area contributed by atoms with E-state index in [2.05, 4.69) is 21.7 Å². The van der Waals surface area contributed by atoms with Crippen LogP contribution in [0.1, 0.15) is 30.7 Å². The number of benzene rings is 1. The average Bonchev–Trinajstić information content (AvgIpc) is 3.45. The summed E-state index contributed by atoms with van der Waals surface area (Å²) in [5.74, 6) is -0.126. The van der Waals surface area contributed by atoms with Crippen molar-refractivity contribution in [3.05, 3.63) is 46.7 Å². The largest absolute Gasteiger partial charge is 0.379 e. The summed E-state index contributed by atoms with van der Waals surface area (Å²) in [5, 5.41) is 4.98. The number of thiophene rings is 1. The summed E-state index contributed by atoms with van der Waals surface area (Å²) >= 11 is 1.72. The third-order valence-corrected chi connectivity index (χ3v) is 8.62.